The number of nitrogens with zero attached hydrogens (tertiary/aromatic N) is 1. The van der Waals surface area contributed by atoms with Crippen LogP contribution < -0.4 is 0 Å². The fraction of sp³-hybridized carbons (Fsp3) is 0.750. The zero-order valence-corrected chi connectivity index (χ0v) is 13.1. The van der Waals surface area contributed by atoms with Crippen molar-refractivity contribution in [3.8, 4) is 0 Å². The van der Waals surface area contributed by atoms with Crippen molar-refractivity contribution < 1.29 is 19.5 Å². The third-order valence-electron chi connectivity index (χ3n) is 4.18. The number of esters is 1. The molecule has 0 saturated heterocycles. The lowest BCUT2D eigenvalue weighted by Crippen LogP contribution is -2.39. The molecule has 0 aromatic heterocycles. The summed E-state index contributed by atoms with van der Waals surface area (Å²) in [4.78, 5) is 17.4. The van der Waals surface area contributed by atoms with Crippen LogP contribution in [0, 0.1) is 5.92 Å². The molecule has 2 unspecified atom stereocenters. The van der Waals surface area contributed by atoms with E-state index >= 15 is 0 Å². The first-order valence-corrected chi connectivity index (χ1v) is 7.86. The van der Waals surface area contributed by atoms with Crippen LogP contribution in [0.15, 0.2) is 16.5 Å². The second-order valence-electron chi connectivity index (χ2n) is 6.12. The molecule has 0 aromatic rings. The van der Waals surface area contributed by atoms with Crippen molar-refractivity contribution in [1.29, 1.82) is 0 Å². The molecule has 0 radical (unpaired) electrons. The minimum Gasteiger partial charge on any atom is -0.511 e. The van der Waals surface area contributed by atoms with E-state index in [2.05, 4.69) is 12.1 Å². The Morgan fingerprint density at radius 2 is 2.29 bits per heavy atom. The third-order valence-corrected chi connectivity index (χ3v) is 4.18. The first-order valence-electron chi connectivity index (χ1n) is 7.86. The van der Waals surface area contributed by atoms with Crippen LogP contribution >= 0.6 is 0 Å². The molecule has 5 nitrogen and oxygen atoms in total. The van der Waals surface area contributed by atoms with Crippen molar-refractivity contribution in [3.63, 3.8) is 0 Å². The molecule has 1 aliphatic heterocycles. The van der Waals surface area contributed by atoms with E-state index in [9.17, 15) is 9.90 Å². The van der Waals surface area contributed by atoms with Crippen molar-refractivity contribution in [2.75, 3.05) is 6.61 Å². The molecule has 0 amide bonds. The number of ether oxygens (including phenoxy) is 1. The van der Waals surface area contributed by atoms with Crippen LogP contribution in [0.25, 0.3) is 0 Å². The van der Waals surface area contributed by atoms with E-state index in [0.717, 1.165) is 25.7 Å². The Hall–Kier alpha value is -1.52. The number of carbonyl (C=O) groups excluding carboxylic acids is 1. The smallest absolute Gasteiger partial charge is 0.344 e. The summed E-state index contributed by atoms with van der Waals surface area (Å²) in [5.74, 6) is 0.173. The van der Waals surface area contributed by atoms with Gasteiger partial charge in [0.1, 0.15) is 23.5 Å². The molecule has 1 saturated carbocycles. The SMILES string of the molecule is CCCC(=NOCC)C1=C(O)CC2(CCC(C)C2)OC1=O. The first kappa shape index (κ1) is 15.9. The zero-order chi connectivity index (χ0) is 15.5. The number of hydrogen-bond donors (Lipinski definition) is 1. The molecule has 21 heavy (non-hydrogen) atoms. The Balaban J connectivity index is 2.26. The maximum atomic E-state index is 12.4. The number of carbonyl (C=O) groups is 1. The van der Waals surface area contributed by atoms with Gasteiger partial charge in [-0.1, -0.05) is 25.4 Å². The Labute approximate surface area is 126 Å². The highest BCUT2D eigenvalue weighted by atomic mass is 16.6. The van der Waals surface area contributed by atoms with Crippen molar-refractivity contribution in [1.82, 2.24) is 0 Å². The van der Waals surface area contributed by atoms with Gasteiger partial charge in [0.25, 0.3) is 0 Å². The minimum atomic E-state index is -0.507. The van der Waals surface area contributed by atoms with Crippen LogP contribution in [-0.4, -0.2) is 29.0 Å². The summed E-state index contributed by atoms with van der Waals surface area (Å²) in [7, 11) is 0. The number of rotatable bonds is 5. The van der Waals surface area contributed by atoms with Gasteiger partial charge in [0.15, 0.2) is 0 Å². The first-order chi connectivity index (χ1) is 10.0. The van der Waals surface area contributed by atoms with Crippen LogP contribution in [0.2, 0.25) is 0 Å². The summed E-state index contributed by atoms with van der Waals surface area (Å²) in [5.41, 5.74) is 0.186. The summed E-state index contributed by atoms with van der Waals surface area (Å²) in [5, 5.41) is 14.4. The van der Waals surface area contributed by atoms with Crippen molar-refractivity contribution >= 4 is 11.7 Å². The summed E-state index contributed by atoms with van der Waals surface area (Å²) < 4.78 is 5.70. The Morgan fingerprint density at radius 1 is 1.52 bits per heavy atom. The second-order valence-corrected chi connectivity index (χ2v) is 6.12. The van der Waals surface area contributed by atoms with Crippen LogP contribution in [0.3, 0.4) is 0 Å². The fourth-order valence-corrected chi connectivity index (χ4v) is 3.28. The Kier molecular flexibility index (Phi) is 4.91. The minimum absolute atomic E-state index is 0.104. The molecule has 1 spiro atoms. The third kappa shape index (κ3) is 3.39. The highest BCUT2D eigenvalue weighted by Crippen LogP contribution is 2.44. The topological polar surface area (TPSA) is 68.1 Å². The molecule has 0 aromatic carbocycles. The molecular weight excluding hydrogens is 270 g/mol. The van der Waals surface area contributed by atoms with Gasteiger partial charge in [-0.2, -0.15) is 0 Å². The number of aliphatic hydroxyl groups excluding tert-OH is 1. The van der Waals surface area contributed by atoms with Gasteiger partial charge in [0, 0.05) is 6.42 Å². The maximum absolute atomic E-state index is 12.4. The van der Waals surface area contributed by atoms with E-state index in [1.54, 1.807) is 0 Å². The predicted molar refractivity (Wildman–Crippen MR) is 80.1 cm³/mol. The van der Waals surface area contributed by atoms with Crippen LogP contribution in [0.5, 0.6) is 0 Å². The largest absolute Gasteiger partial charge is 0.511 e. The summed E-state index contributed by atoms with van der Waals surface area (Å²) in [6.45, 7) is 6.40. The summed E-state index contributed by atoms with van der Waals surface area (Å²) >= 11 is 0. The predicted octanol–water partition coefficient (Wildman–Crippen LogP) is 3.50. The molecule has 1 fully saturated rings. The average molecular weight is 295 g/mol. The van der Waals surface area contributed by atoms with E-state index in [-0.39, 0.29) is 11.3 Å². The molecule has 2 aliphatic rings. The molecule has 1 aliphatic carbocycles. The van der Waals surface area contributed by atoms with Crippen molar-refractivity contribution in [2.45, 2.75) is 64.9 Å². The van der Waals surface area contributed by atoms with Gasteiger partial charge in [-0.05, 0) is 38.5 Å². The molecule has 0 bridgehead atoms. The van der Waals surface area contributed by atoms with Crippen molar-refractivity contribution in [3.05, 3.63) is 11.3 Å². The van der Waals surface area contributed by atoms with Gasteiger partial charge >= 0.3 is 5.97 Å². The van der Waals surface area contributed by atoms with Gasteiger partial charge in [-0.3, -0.25) is 0 Å². The lowest BCUT2D eigenvalue weighted by atomic mass is 9.89. The number of oxime groups is 1. The quantitative estimate of drug-likeness (QED) is 0.479. The lowest BCUT2D eigenvalue weighted by Gasteiger charge is -2.34. The van der Waals surface area contributed by atoms with E-state index in [1.165, 1.54) is 0 Å². The molecule has 5 heteroatoms. The van der Waals surface area contributed by atoms with Crippen LogP contribution in [0.1, 0.15) is 59.3 Å². The molecule has 1 heterocycles. The van der Waals surface area contributed by atoms with E-state index in [4.69, 9.17) is 9.57 Å². The number of aliphatic hydroxyl groups is 1. The standard InChI is InChI=1S/C16H25NO4/c1-4-6-12(17-20-5-2)14-13(18)10-16(21-15(14)19)8-7-11(3)9-16/h11,18H,4-10H2,1-3H3. The van der Waals surface area contributed by atoms with Gasteiger partial charge in [-0.25, -0.2) is 4.79 Å². The van der Waals surface area contributed by atoms with Crippen LogP contribution in [0.4, 0.5) is 0 Å². The molecule has 2 rings (SSSR count). The molecule has 1 N–H and O–H groups in total. The fourth-order valence-electron chi connectivity index (χ4n) is 3.28. The Bertz CT molecular complexity index is 469. The van der Waals surface area contributed by atoms with Crippen molar-refractivity contribution in [2.24, 2.45) is 11.1 Å². The van der Waals surface area contributed by atoms with Gasteiger partial charge in [0.2, 0.25) is 0 Å². The lowest BCUT2D eigenvalue weighted by molar-refractivity contribution is -0.157. The monoisotopic (exact) mass is 295 g/mol. The zero-order valence-electron chi connectivity index (χ0n) is 13.1. The van der Waals surface area contributed by atoms with E-state index < -0.39 is 11.6 Å². The van der Waals surface area contributed by atoms with E-state index in [0.29, 0.717) is 31.1 Å². The number of hydrogen-bond acceptors (Lipinski definition) is 5. The van der Waals surface area contributed by atoms with Gasteiger partial charge < -0.3 is 14.7 Å². The van der Waals surface area contributed by atoms with Gasteiger partial charge in [-0.15, -0.1) is 0 Å². The average Bonchev–Trinajstić information content (AvgIpc) is 2.75. The molecule has 2 atom stereocenters. The highest BCUT2D eigenvalue weighted by Gasteiger charge is 2.47. The second kappa shape index (κ2) is 6.50. The molecule has 118 valence electrons. The van der Waals surface area contributed by atoms with Gasteiger partial charge in [0.05, 0.1) is 5.71 Å². The summed E-state index contributed by atoms with van der Waals surface area (Å²) in [6.07, 6.45) is 4.47. The van der Waals surface area contributed by atoms with E-state index in [1.807, 2.05) is 13.8 Å². The van der Waals surface area contributed by atoms with Crippen LogP contribution in [-0.2, 0) is 14.4 Å². The Morgan fingerprint density at radius 3 is 2.81 bits per heavy atom. The highest BCUT2D eigenvalue weighted by molar-refractivity contribution is 6.20. The molecular formula is C16H25NO4. The maximum Gasteiger partial charge on any atom is 0.344 e. The normalized spacial score (nSPS) is 30.0. The summed E-state index contributed by atoms with van der Waals surface area (Å²) in [6, 6.07) is 0.